The first kappa shape index (κ1) is 15.9. The van der Waals surface area contributed by atoms with E-state index in [2.05, 4.69) is 0 Å². The largest absolute Gasteiger partial charge is 0.452 e. The van der Waals surface area contributed by atoms with Gasteiger partial charge in [0.1, 0.15) is 0 Å². The molecule has 7 heteroatoms. The Morgan fingerprint density at radius 3 is 2.55 bits per heavy atom. The summed E-state index contributed by atoms with van der Waals surface area (Å²) in [5, 5.41) is 10.7. The van der Waals surface area contributed by atoms with Crippen molar-refractivity contribution in [1.29, 1.82) is 0 Å². The van der Waals surface area contributed by atoms with E-state index in [1.807, 2.05) is 0 Å². The van der Waals surface area contributed by atoms with Crippen LogP contribution in [0.1, 0.15) is 35.2 Å². The monoisotopic (exact) mass is 306 g/mol. The number of piperidine rings is 1. The number of aryl methyl sites for hydroxylation is 1. The molecule has 1 amide bonds. The summed E-state index contributed by atoms with van der Waals surface area (Å²) in [6.07, 6.45) is 3.06. The second-order valence-electron chi connectivity index (χ2n) is 5.28. The van der Waals surface area contributed by atoms with Crippen LogP contribution in [0.3, 0.4) is 0 Å². The normalized spacial score (nSPS) is 14.5. The van der Waals surface area contributed by atoms with Gasteiger partial charge in [0.15, 0.2) is 6.61 Å². The molecule has 0 unspecified atom stereocenters. The van der Waals surface area contributed by atoms with Gasteiger partial charge in [-0.05, 0) is 38.3 Å². The average Bonchev–Trinajstić information content (AvgIpc) is 2.52. The van der Waals surface area contributed by atoms with Crippen LogP contribution in [0.2, 0.25) is 0 Å². The molecule has 0 bridgehead atoms. The number of hydrogen-bond donors (Lipinski definition) is 0. The van der Waals surface area contributed by atoms with Crippen molar-refractivity contribution in [2.24, 2.45) is 0 Å². The minimum absolute atomic E-state index is 0.0547. The maximum absolute atomic E-state index is 11.9. The Balaban J connectivity index is 1.93. The fourth-order valence-corrected chi connectivity index (χ4v) is 2.43. The first-order chi connectivity index (χ1) is 10.5. The Kier molecular flexibility index (Phi) is 5.08. The van der Waals surface area contributed by atoms with Gasteiger partial charge in [-0.15, -0.1) is 0 Å². The predicted octanol–water partition coefficient (Wildman–Crippen LogP) is 2.07. The summed E-state index contributed by atoms with van der Waals surface area (Å²) in [5.74, 6) is -0.852. The summed E-state index contributed by atoms with van der Waals surface area (Å²) in [6, 6.07) is 3.99. The SMILES string of the molecule is Cc1cc(C(=O)OCC(=O)N2CCCCC2)ccc1[N+](=O)[O-]. The molecule has 1 aromatic rings. The second-order valence-corrected chi connectivity index (χ2v) is 5.28. The first-order valence-electron chi connectivity index (χ1n) is 7.19. The van der Waals surface area contributed by atoms with Crippen LogP contribution in [0, 0.1) is 17.0 Å². The molecule has 7 nitrogen and oxygen atoms in total. The highest BCUT2D eigenvalue weighted by atomic mass is 16.6. The summed E-state index contributed by atoms with van der Waals surface area (Å²) in [6.45, 7) is 2.66. The minimum Gasteiger partial charge on any atom is -0.452 e. The van der Waals surface area contributed by atoms with Gasteiger partial charge in [0.2, 0.25) is 0 Å². The number of amides is 1. The lowest BCUT2D eigenvalue weighted by Gasteiger charge is -2.26. The first-order valence-corrected chi connectivity index (χ1v) is 7.19. The number of benzene rings is 1. The summed E-state index contributed by atoms with van der Waals surface area (Å²) >= 11 is 0. The molecule has 1 aliphatic rings. The molecule has 0 saturated carbocycles. The number of nitrogens with zero attached hydrogens (tertiary/aromatic N) is 2. The van der Waals surface area contributed by atoms with Gasteiger partial charge in [0.05, 0.1) is 10.5 Å². The van der Waals surface area contributed by atoms with E-state index >= 15 is 0 Å². The Morgan fingerprint density at radius 1 is 1.27 bits per heavy atom. The molecular formula is C15H18N2O5. The number of ether oxygens (including phenoxy) is 1. The zero-order chi connectivity index (χ0) is 16.1. The van der Waals surface area contributed by atoms with Gasteiger partial charge >= 0.3 is 5.97 Å². The van der Waals surface area contributed by atoms with Gasteiger partial charge in [-0.1, -0.05) is 0 Å². The van der Waals surface area contributed by atoms with Gasteiger partial charge in [0, 0.05) is 24.7 Å². The highest BCUT2D eigenvalue weighted by Gasteiger charge is 2.19. The lowest BCUT2D eigenvalue weighted by Crippen LogP contribution is -2.38. The van der Waals surface area contributed by atoms with E-state index in [0.29, 0.717) is 18.7 Å². The third-order valence-corrected chi connectivity index (χ3v) is 3.66. The van der Waals surface area contributed by atoms with Crippen molar-refractivity contribution in [3.8, 4) is 0 Å². The van der Waals surface area contributed by atoms with E-state index in [4.69, 9.17) is 4.74 Å². The fourth-order valence-electron chi connectivity index (χ4n) is 2.43. The molecule has 0 radical (unpaired) electrons. The topological polar surface area (TPSA) is 89.8 Å². The molecular weight excluding hydrogens is 288 g/mol. The van der Waals surface area contributed by atoms with Crippen molar-refractivity contribution < 1.29 is 19.2 Å². The van der Waals surface area contributed by atoms with E-state index in [9.17, 15) is 19.7 Å². The van der Waals surface area contributed by atoms with Crippen LogP contribution in [-0.2, 0) is 9.53 Å². The van der Waals surface area contributed by atoms with E-state index in [-0.39, 0.29) is 23.8 Å². The molecule has 118 valence electrons. The number of carbonyl (C=O) groups excluding carboxylic acids is 2. The fraction of sp³-hybridized carbons (Fsp3) is 0.467. The van der Waals surface area contributed by atoms with Gasteiger partial charge < -0.3 is 9.64 Å². The molecule has 0 spiro atoms. The molecule has 1 heterocycles. The molecule has 1 aliphatic heterocycles. The highest BCUT2D eigenvalue weighted by Crippen LogP contribution is 2.19. The number of rotatable bonds is 4. The number of hydrogen-bond acceptors (Lipinski definition) is 5. The molecule has 0 aliphatic carbocycles. The van der Waals surface area contributed by atoms with E-state index in [1.165, 1.54) is 18.2 Å². The second kappa shape index (κ2) is 7.02. The summed E-state index contributed by atoms with van der Waals surface area (Å²) < 4.78 is 5.00. The van der Waals surface area contributed by atoms with Gasteiger partial charge in [-0.25, -0.2) is 4.79 Å². The van der Waals surface area contributed by atoms with Crippen LogP contribution >= 0.6 is 0 Å². The molecule has 1 fully saturated rings. The van der Waals surface area contributed by atoms with E-state index < -0.39 is 10.9 Å². The van der Waals surface area contributed by atoms with Crippen molar-refractivity contribution >= 4 is 17.6 Å². The smallest absolute Gasteiger partial charge is 0.338 e. The quantitative estimate of drug-likeness (QED) is 0.482. The molecule has 1 aromatic carbocycles. The number of esters is 1. The van der Waals surface area contributed by atoms with Gasteiger partial charge in [-0.2, -0.15) is 0 Å². The van der Waals surface area contributed by atoms with Crippen LogP contribution in [0.15, 0.2) is 18.2 Å². The average molecular weight is 306 g/mol. The standard InChI is InChI=1S/C15H18N2O5/c1-11-9-12(5-6-13(11)17(20)21)15(19)22-10-14(18)16-7-3-2-4-8-16/h5-6,9H,2-4,7-8,10H2,1H3. The van der Waals surface area contributed by atoms with Crippen LogP contribution in [-0.4, -0.2) is 41.4 Å². The van der Waals surface area contributed by atoms with Gasteiger partial charge in [-0.3, -0.25) is 14.9 Å². The van der Waals surface area contributed by atoms with Crippen molar-refractivity contribution in [3.63, 3.8) is 0 Å². The van der Waals surface area contributed by atoms with Crippen molar-refractivity contribution in [2.45, 2.75) is 26.2 Å². The van der Waals surface area contributed by atoms with Crippen molar-refractivity contribution in [3.05, 3.63) is 39.4 Å². The summed E-state index contributed by atoms with van der Waals surface area (Å²) in [7, 11) is 0. The van der Waals surface area contributed by atoms with Crippen molar-refractivity contribution in [1.82, 2.24) is 4.90 Å². The lowest BCUT2D eigenvalue weighted by atomic mass is 10.1. The number of carbonyl (C=O) groups is 2. The van der Waals surface area contributed by atoms with Crippen LogP contribution in [0.25, 0.3) is 0 Å². The van der Waals surface area contributed by atoms with Crippen LogP contribution < -0.4 is 0 Å². The Morgan fingerprint density at radius 2 is 1.95 bits per heavy atom. The van der Waals surface area contributed by atoms with Crippen LogP contribution in [0.5, 0.6) is 0 Å². The lowest BCUT2D eigenvalue weighted by molar-refractivity contribution is -0.385. The number of nitro benzene ring substituents is 1. The van der Waals surface area contributed by atoms with Crippen LogP contribution in [0.4, 0.5) is 5.69 Å². The minimum atomic E-state index is -0.650. The molecule has 2 rings (SSSR count). The Hall–Kier alpha value is -2.44. The highest BCUT2D eigenvalue weighted by molar-refractivity contribution is 5.91. The predicted molar refractivity (Wildman–Crippen MR) is 78.5 cm³/mol. The number of nitro groups is 1. The molecule has 0 atom stereocenters. The third kappa shape index (κ3) is 3.81. The zero-order valence-corrected chi connectivity index (χ0v) is 12.4. The molecule has 1 saturated heterocycles. The number of likely N-dealkylation sites (tertiary alicyclic amines) is 1. The zero-order valence-electron chi connectivity index (χ0n) is 12.4. The maximum atomic E-state index is 11.9. The Labute approximate surface area is 128 Å². The summed E-state index contributed by atoms with van der Waals surface area (Å²) in [5.41, 5.74) is 0.525. The molecule has 0 N–H and O–H groups in total. The maximum Gasteiger partial charge on any atom is 0.338 e. The third-order valence-electron chi connectivity index (χ3n) is 3.66. The molecule has 0 aromatic heterocycles. The molecule has 22 heavy (non-hydrogen) atoms. The van der Waals surface area contributed by atoms with Gasteiger partial charge in [0.25, 0.3) is 11.6 Å². The summed E-state index contributed by atoms with van der Waals surface area (Å²) in [4.78, 5) is 35.7. The van der Waals surface area contributed by atoms with E-state index in [1.54, 1.807) is 11.8 Å². The van der Waals surface area contributed by atoms with E-state index in [0.717, 1.165) is 19.3 Å². The van der Waals surface area contributed by atoms with Crippen molar-refractivity contribution in [2.75, 3.05) is 19.7 Å². The Bertz CT molecular complexity index is 594.